The Labute approximate surface area is 123 Å². The van der Waals surface area contributed by atoms with Crippen molar-refractivity contribution in [2.24, 2.45) is 0 Å². The lowest BCUT2D eigenvalue weighted by molar-refractivity contribution is 0.558. The van der Waals surface area contributed by atoms with E-state index in [1.807, 2.05) is 38.1 Å². The standard InChI is InChI=1S/C13H16ClN3O2S/c1-3-8-17-12(15-16-13(17)20(14,18)19)9-11-6-4-10(2)5-7-11/h4-7H,3,8-9H2,1-2H3. The Morgan fingerprint density at radius 1 is 1.20 bits per heavy atom. The third-order valence-corrected chi connectivity index (χ3v) is 4.09. The Morgan fingerprint density at radius 3 is 2.40 bits per heavy atom. The SMILES string of the molecule is CCCn1c(Cc2ccc(C)cc2)nnc1S(=O)(=O)Cl. The Kier molecular flexibility index (Phi) is 4.45. The van der Waals surface area contributed by atoms with Gasteiger partial charge in [0, 0.05) is 23.6 Å². The van der Waals surface area contributed by atoms with Crippen molar-refractivity contribution < 1.29 is 8.42 Å². The summed E-state index contributed by atoms with van der Waals surface area (Å²) in [6, 6.07) is 8.01. The summed E-state index contributed by atoms with van der Waals surface area (Å²) >= 11 is 0. The lowest BCUT2D eigenvalue weighted by atomic mass is 10.1. The van der Waals surface area contributed by atoms with Crippen LogP contribution in [0.1, 0.15) is 30.3 Å². The van der Waals surface area contributed by atoms with E-state index in [0.29, 0.717) is 18.8 Å². The van der Waals surface area contributed by atoms with Crippen LogP contribution in [0.5, 0.6) is 0 Å². The molecular weight excluding hydrogens is 298 g/mol. The van der Waals surface area contributed by atoms with Crippen LogP contribution in [-0.4, -0.2) is 23.2 Å². The van der Waals surface area contributed by atoms with Crippen molar-refractivity contribution in [3.8, 4) is 0 Å². The topological polar surface area (TPSA) is 64.8 Å². The second-order valence-electron chi connectivity index (χ2n) is 4.65. The molecule has 0 bridgehead atoms. The largest absolute Gasteiger partial charge is 0.301 e. The molecule has 1 aromatic carbocycles. The second kappa shape index (κ2) is 5.93. The van der Waals surface area contributed by atoms with Crippen molar-refractivity contribution >= 4 is 19.7 Å². The first kappa shape index (κ1) is 15.0. The molecule has 0 amide bonds. The maximum atomic E-state index is 11.5. The summed E-state index contributed by atoms with van der Waals surface area (Å²) in [6.07, 6.45) is 1.30. The third-order valence-electron chi connectivity index (χ3n) is 2.94. The van der Waals surface area contributed by atoms with Crippen LogP contribution in [0.15, 0.2) is 29.4 Å². The summed E-state index contributed by atoms with van der Waals surface area (Å²) in [5, 5.41) is 7.50. The van der Waals surface area contributed by atoms with Crippen LogP contribution in [0.2, 0.25) is 0 Å². The molecule has 5 nitrogen and oxygen atoms in total. The molecule has 0 saturated carbocycles. The summed E-state index contributed by atoms with van der Waals surface area (Å²) in [5.74, 6) is 0.606. The number of benzene rings is 1. The van der Waals surface area contributed by atoms with Gasteiger partial charge in [-0.3, -0.25) is 0 Å². The normalized spacial score (nSPS) is 11.8. The Balaban J connectivity index is 2.37. The predicted molar refractivity (Wildman–Crippen MR) is 77.3 cm³/mol. The van der Waals surface area contributed by atoms with Gasteiger partial charge >= 0.3 is 0 Å². The molecule has 0 aliphatic carbocycles. The number of aromatic nitrogens is 3. The highest BCUT2D eigenvalue weighted by atomic mass is 35.7. The van der Waals surface area contributed by atoms with Crippen LogP contribution in [0, 0.1) is 6.92 Å². The molecule has 0 N–H and O–H groups in total. The molecule has 0 aliphatic rings. The van der Waals surface area contributed by atoms with Crippen molar-refractivity contribution in [2.75, 3.05) is 0 Å². The van der Waals surface area contributed by atoms with E-state index in [2.05, 4.69) is 10.2 Å². The highest BCUT2D eigenvalue weighted by Crippen LogP contribution is 2.17. The fourth-order valence-corrected chi connectivity index (χ4v) is 2.91. The number of aryl methyl sites for hydroxylation is 1. The van der Waals surface area contributed by atoms with Crippen molar-refractivity contribution in [3.05, 3.63) is 41.2 Å². The molecule has 0 saturated heterocycles. The highest BCUT2D eigenvalue weighted by molar-refractivity contribution is 8.13. The Hall–Kier alpha value is -1.40. The molecular formula is C13H16ClN3O2S. The zero-order valence-corrected chi connectivity index (χ0v) is 12.9. The van der Waals surface area contributed by atoms with Crippen LogP contribution in [0.4, 0.5) is 0 Å². The van der Waals surface area contributed by atoms with Gasteiger partial charge in [-0.1, -0.05) is 36.8 Å². The molecule has 0 unspecified atom stereocenters. The number of nitrogens with zero attached hydrogens (tertiary/aromatic N) is 3. The molecule has 1 heterocycles. The zero-order chi connectivity index (χ0) is 14.8. The van der Waals surface area contributed by atoms with Gasteiger partial charge in [-0.05, 0) is 18.9 Å². The molecule has 108 valence electrons. The van der Waals surface area contributed by atoms with Gasteiger partial charge in [0.25, 0.3) is 14.2 Å². The van der Waals surface area contributed by atoms with Gasteiger partial charge in [0.2, 0.25) is 0 Å². The van der Waals surface area contributed by atoms with E-state index in [1.54, 1.807) is 4.57 Å². The summed E-state index contributed by atoms with van der Waals surface area (Å²) in [5.41, 5.74) is 2.23. The summed E-state index contributed by atoms with van der Waals surface area (Å²) in [4.78, 5) is 0. The van der Waals surface area contributed by atoms with Crippen LogP contribution in [-0.2, 0) is 22.0 Å². The van der Waals surface area contributed by atoms with Gasteiger partial charge in [0.15, 0.2) is 0 Å². The van der Waals surface area contributed by atoms with Crippen LogP contribution < -0.4 is 0 Å². The van der Waals surface area contributed by atoms with Gasteiger partial charge in [0.05, 0.1) is 0 Å². The summed E-state index contributed by atoms with van der Waals surface area (Å²) in [7, 11) is 1.51. The quantitative estimate of drug-likeness (QED) is 0.796. The van der Waals surface area contributed by atoms with E-state index in [9.17, 15) is 8.42 Å². The van der Waals surface area contributed by atoms with E-state index in [-0.39, 0.29) is 5.16 Å². The monoisotopic (exact) mass is 313 g/mol. The number of hydrogen-bond donors (Lipinski definition) is 0. The highest BCUT2D eigenvalue weighted by Gasteiger charge is 2.22. The Bertz CT molecular complexity index is 693. The lowest BCUT2D eigenvalue weighted by Gasteiger charge is -2.07. The minimum absolute atomic E-state index is 0.178. The van der Waals surface area contributed by atoms with E-state index >= 15 is 0 Å². The molecule has 2 rings (SSSR count). The maximum absolute atomic E-state index is 11.5. The molecule has 20 heavy (non-hydrogen) atoms. The molecule has 1 aromatic heterocycles. The van der Waals surface area contributed by atoms with Gasteiger partial charge in [-0.2, -0.15) is 0 Å². The van der Waals surface area contributed by atoms with E-state index in [4.69, 9.17) is 10.7 Å². The fraction of sp³-hybridized carbons (Fsp3) is 0.385. The molecule has 0 aliphatic heterocycles. The maximum Gasteiger partial charge on any atom is 0.296 e. The van der Waals surface area contributed by atoms with Crippen molar-refractivity contribution in [1.82, 2.24) is 14.8 Å². The first-order chi connectivity index (χ1) is 9.41. The predicted octanol–water partition coefficient (Wildman–Crippen LogP) is 2.51. The van der Waals surface area contributed by atoms with E-state index in [1.165, 1.54) is 5.56 Å². The number of hydrogen-bond acceptors (Lipinski definition) is 4. The van der Waals surface area contributed by atoms with Crippen molar-refractivity contribution in [3.63, 3.8) is 0 Å². The Morgan fingerprint density at radius 2 is 1.85 bits per heavy atom. The number of halogens is 1. The first-order valence-corrected chi connectivity index (χ1v) is 8.65. The second-order valence-corrected chi connectivity index (χ2v) is 7.11. The smallest absolute Gasteiger partial charge is 0.296 e. The van der Waals surface area contributed by atoms with Crippen LogP contribution in [0.25, 0.3) is 0 Å². The van der Waals surface area contributed by atoms with Crippen molar-refractivity contribution in [2.45, 2.75) is 38.4 Å². The van der Waals surface area contributed by atoms with Crippen LogP contribution in [0.3, 0.4) is 0 Å². The van der Waals surface area contributed by atoms with E-state index < -0.39 is 9.05 Å². The summed E-state index contributed by atoms with van der Waals surface area (Å²) < 4.78 is 24.5. The minimum atomic E-state index is -3.87. The molecule has 7 heteroatoms. The number of rotatable bonds is 5. The molecule has 0 fully saturated rings. The fourth-order valence-electron chi connectivity index (χ4n) is 1.97. The molecule has 0 radical (unpaired) electrons. The average molecular weight is 314 g/mol. The zero-order valence-electron chi connectivity index (χ0n) is 11.4. The van der Waals surface area contributed by atoms with Gasteiger partial charge < -0.3 is 4.57 Å². The van der Waals surface area contributed by atoms with E-state index in [0.717, 1.165) is 12.0 Å². The van der Waals surface area contributed by atoms with Crippen molar-refractivity contribution in [1.29, 1.82) is 0 Å². The molecule has 0 spiro atoms. The third kappa shape index (κ3) is 3.37. The minimum Gasteiger partial charge on any atom is -0.301 e. The first-order valence-electron chi connectivity index (χ1n) is 6.34. The molecule has 2 aromatic rings. The lowest BCUT2D eigenvalue weighted by Crippen LogP contribution is -2.10. The summed E-state index contributed by atoms with van der Waals surface area (Å²) in [6.45, 7) is 4.50. The molecule has 0 atom stereocenters. The van der Waals surface area contributed by atoms with Gasteiger partial charge in [-0.15, -0.1) is 10.2 Å². The van der Waals surface area contributed by atoms with Gasteiger partial charge in [-0.25, -0.2) is 8.42 Å². The van der Waals surface area contributed by atoms with Gasteiger partial charge in [0.1, 0.15) is 5.82 Å². The van der Waals surface area contributed by atoms with Crippen LogP contribution >= 0.6 is 10.7 Å². The average Bonchev–Trinajstić information content (AvgIpc) is 2.76.